The highest BCUT2D eigenvalue weighted by Crippen LogP contribution is 2.23. The van der Waals surface area contributed by atoms with Gasteiger partial charge < -0.3 is 15.2 Å². The molecule has 1 aromatic heterocycles. The van der Waals surface area contributed by atoms with Crippen molar-refractivity contribution in [1.29, 1.82) is 0 Å². The van der Waals surface area contributed by atoms with Crippen molar-refractivity contribution in [1.82, 2.24) is 25.0 Å². The number of hydrogen-bond donors (Lipinski definition) is 2. The van der Waals surface area contributed by atoms with Crippen LogP contribution in [0.5, 0.6) is 0 Å². The summed E-state index contributed by atoms with van der Waals surface area (Å²) < 4.78 is 15.2. The van der Waals surface area contributed by atoms with Gasteiger partial charge in [0, 0.05) is 31.7 Å². The minimum atomic E-state index is -0.314. The number of anilines is 1. The second kappa shape index (κ2) is 7.51. The van der Waals surface area contributed by atoms with E-state index in [0.717, 1.165) is 50.7 Å². The molecule has 138 valence electrons. The van der Waals surface area contributed by atoms with Crippen molar-refractivity contribution in [2.75, 3.05) is 31.5 Å². The van der Waals surface area contributed by atoms with Gasteiger partial charge >= 0.3 is 0 Å². The van der Waals surface area contributed by atoms with Gasteiger partial charge in [-0.2, -0.15) is 0 Å². The van der Waals surface area contributed by atoms with Crippen LogP contribution in [0.25, 0.3) is 0 Å². The summed E-state index contributed by atoms with van der Waals surface area (Å²) in [7, 11) is 0. The van der Waals surface area contributed by atoms with Crippen LogP contribution in [-0.2, 0) is 17.8 Å². The van der Waals surface area contributed by atoms with E-state index in [-0.39, 0.29) is 11.7 Å². The van der Waals surface area contributed by atoms with Crippen LogP contribution in [0.2, 0.25) is 0 Å². The minimum absolute atomic E-state index is 0.0908. The lowest BCUT2D eigenvalue weighted by atomic mass is 10.2. The van der Waals surface area contributed by atoms with Crippen LogP contribution in [-0.4, -0.2) is 51.8 Å². The number of benzene rings is 1. The average molecular weight is 358 g/mol. The first-order valence-electron chi connectivity index (χ1n) is 9.12. The topological polar surface area (TPSA) is 75.1 Å². The van der Waals surface area contributed by atoms with Crippen molar-refractivity contribution in [3.63, 3.8) is 0 Å². The van der Waals surface area contributed by atoms with E-state index >= 15 is 0 Å². The number of nitrogens with zero attached hydrogens (tertiary/aromatic N) is 4. The summed E-state index contributed by atoms with van der Waals surface area (Å²) >= 11 is 0. The molecule has 2 aliphatic heterocycles. The molecule has 2 aromatic rings. The first-order valence-corrected chi connectivity index (χ1v) is 9.12. The Bertz CT molecular complexity index is 768. The third-order valence-electron chi connectivity index (χ3n) is 5.01. The zero-order chi connectivity index (χ0) is 17.9. The van der Waals surface area contributed by atoms with Gasteiger partial charge in [0.25, 0.3) is 0 Å². The largest absolute Gasteiger partial charge is 0.325 e. The Kier molecular flexibility index (Phi) is 4.94. The first kappa shape index (κ1) is 17.1. The molecule has 1 atom stereocenters. The molecule has 0 saturated carbocycles. The molecule has 8 heteroatoms. The monoisotopic (exact) mass is 358 g/mol. The van der Waals surface area contributed by atoms with E-state index in [9.17, 15) is 9.18 Å². The molecule has 0 radical (unpaired) electrons. The summed E-state index contributed by atoms with van der Waals surface area (Å²) in [5, 5.41) is 15.0. The Morgan fingerprint density at radius 3 is 2.85 bits per heavy atom. The lowest BCUT2D eigenvalue weighted by Gasteiger charge is -2.19. The van der Waals surface area contributed by atoms with Gasteiger partial charge in [0.15, 0.2) is 0 Å². The summed E-state index contributed by atoms with van der Waals surface area (Å²) in [6.07, 6.45) is 3.05. The molecule has 1 saturated heterocycles. The Balaban J connectivity index is 1.35. The lowest BCUT2D eigenvalue weighted by Crippen LogP contribution is -2.35. The third-order valence-corrected chi connectivity index (χ3v) is 5.01. The SMILES string of the molecule is O=C(CN1CCc2nnc(C3CCCN3)n2CC1)Nc1ccc(F)cc1. The summed E-state index contributed by atoms with van der Waals surface area (Å²) in [6, 6.07) is 6.11. The average Bonchev–Trinajstić information content (AvgIpc) is 3.25. The van der Waals surface area contributed by atoms with Crippen LogP contribution in [0.15, 0.2) is 24.3 Å². The summed E-state index contributed by atoms with van der Waals surface area (Å²) in [5.41, 5.74) is 0.609. The molecule has 0 aliphatic carbocycles. The second-order valence-corrected chi connectivity index (χ2v) is 6.86. The normalized spacial score (nSPS) is 20.6. The predicted molar refractivity (Wildman–Crippen MR) is 95.2 cm³/mol. The van der Waals surface area contributed by atoms with E-state index in [0.29, 0.717) is 18.3 Å². The van der Waals surface area contributed by atoms with E-state index < -0.39 is 0 Å². The number of carbonyl (C=O) groups excluding carboxylic acids is 1. The zero-order valence-corrected chi connectivity index (χ0v) is 14.6. The summed E-state index contributed by atoms with van der Waals surface area (Å²) in [6.45, 7) is 3.68. The van der Waals surface area contributed by atoms with Gasteiger partial charge in [-0.1, -0.05) is 0 Å². The van der Waals surface area contributed by atoms with Crippen LogP contribution in [0.1, 0.15) is 30.5 Å². The first-order chi connectivity index (χ1) is 12.7. The van der Waals surface area contributed by atoms with Crippen LogP contribution in [0.3, 0.4) is 0 Å². The molecule has 0 bridgehead atoms. The fourth-order valence-corrected chi connectivity index (χ4v) is 3.65. The van der Waals surface area contributed by atoms with Crippen LogP contribution in [0, 0.1) is 5.82 Å². The molecule has 1 fully saturated rings. The van der Waals surface area contributed by atoms with E-state index in [1.165, 1.54) is 18.6 Å². The van der Waals surface area contributed by atoms with E-state index in [1.807, 2.05) is 0 Å². The molecule has 1 aromatic carbocycles. The van der Waals surface area contributed by atoms with Crippen molar-refractivity contribution in [2.45, 2.75) is 31.8 Å². The maximum atomic E-state index is 12.9. The van der Waals surface area contributed by atoms with E-state index in [1.54, 1.807) is 12.1 Å². The lowest BCUT2D eigenvalue weighted by molar-refractivity contribution is -0.117. The fourth-order valence-electron chi connectivity index (χ4n) is 3.65. The van der Waals surface area contributed by atoms with Crippen molar-refractivity contribution in [2.24, 2.45) is 0 Å². The molecule has 1 unspecified atom stereocenters. The van der Waals surface area contributed by atoms with Gasteiger partial charge in [0.2, 0.25) is 5.91 Å². The number of halogens is 1. The number of carbonyl (C=O) groups is 1. The second-order valence-electron chi connectivity index (χ2n) is 6.86. The smallest absolute Gasteiger partial charge is 0.238 e. The van der Waals surface area contributed by atoms with Crippen LogP contribution >= 0.6 is 0 Å². The van der Waals surface area contributed by atoms with Gasteiger partial charge in [0.05, 0.1) is 12.6 Å². The van der Waals surface area contributed by atoms with Crippen LogP contribution < -0.4 is 10.6 Å². The molecule has 3 heterocycles. The quantitative estimate of drug-likeness (QED) is 0.863. The molecule has 2 N–H and O–H groups in total. The highest BCUT2D eigenvalue weighted by atomic mass is 19.1. The molecule has 26 heavy (non-hydrogen) atoms. The maximum absolute atomic E-state index is 12.9. The van der Waals surface area contributed by atoms with Crippen molar-refractivity contribution in [3.8, 4) is 0 Å². The highest BCUT2D eigenvalue weighted by Gasteiger charge is 2.26. The third kappa shape index (κ3) is 3.76. The Morgan fingerprint density at radius 1 is 1.23 bits per heavy atom. The Morgan fingerprint density at radius 2 is 2.08 bits per heavy atom. The number of hydrogen-bond acceptors (Lipinski definition) is 5. The molecule has 4 rings (SSSR count). The number of aromatic nitrogens is 3. The molecule has 7 nitrogen and oxygen atoms in total. The standard InChI is InChI=1S/C18H23FN6O/c19-13-3-5-14(6-4-13)21-17(26)12-24-9-7-16-22-23-18(25(16)11-10-24)15-2-1-8-20-15/h3-6,15,20H,1-2,7-12H2,(H,21,26). The van der Waals surface area contributed by atoms with Gasteiger partial charge in [-0.05, 0) is 43.7 Å². The van der Waals surface area contributed by atoms with Crippen molar-refractivity contribution < 1.29 is 9.18 Å². The van der Waals surface area contributed by atoms with Gasteiger partial charge in [-0.3, -0.25) is 9.69 Å². The summed E-state index contributed by atoms with van der Waals surface area (Å²) in [4.78, 5) is 14.4. The van der Waals surface area contributed by atoms with E-state index in [2.05, 4.69) is 30.3 Å². The molecule has 2 aliphatic rings. The maximum Gasteiger partial charge on any atom is 0.238 e. The fraction of sp³-hybridized carbons (Fsp3) is 0.500. The van der Waals surface area contributed by atoms with Crippen LogP contribution in [0.4, 0.5) is 10.1 Å². The Hall–Kier alpha value is -2.32. The number of amides is 1. The van der Waals surface area contributed by atoms with Gasteiger partial charge in [0.1, 0.15) is 17.5 Å². The number of nitrogens with one attached hydrogen (secondary N) is 2. The predicted octanol–water partition coefficient (Wildman–Crippen LogP) is 1.34. The number of rotatable bonds is 4. The molecular weight excluding hydrogens is 335 g/mol. The number of fused-ring (bicyclic) bond motifs is 1. The Labute approximate surface area is 151 Å². The van der Waals surface area contributed by atoms with Gasteiger partial charge in [-0.15, -0.1) is 10.2 Å². The molecule has 1 amide bonds. The highest BCUT2D eigenvalue weighted by molar-refractivity contribution is 5.92. The molecule has 0 spiro atoms. The zero-order valence-electron chi connectivity index (χ0n) is 14.6. The molecular formula is C18H23FN6O. The minimum Gasteiger partial charge on any atom is -0.325 e. The van der Waals surface area contributed by atoms with Crippen molar-refractivity contribution >= 4 is 11.6 Å². The summed E-state index contributed by atoms with van der Waals surface area (Å²) in [5.74, 6) is 1.61. The van der Waals surface area contributed by atoms with E-state index in [4.69, 9.17) is 0 Å². The van der Waals surface area contributed by atoms with Crippen molar-refractivity contribution in [3.05, 3.63) is 41.7 Å². The van der Waals surface area contributed by atoms with Gasteiger partial charge in [-0.25, -0.2) is 4.39 Å².